The van der Waals surface area contributed by atoms with E-state index in [0.717, 1.165) is 44.9 Å². The number of carbonyl (C=O) groups is 1. The smallest absolute Gasteiger partial charge is 0.396 e. The standard InChI is InChI=1S/C50H97NO11S/c1-3-5-7-9-11-13-15-17-18-19-20-21-22-23-24-25-26-28-30-32-34-36-38-40-46(54)51-44(45(53)39-37-35-33-31-29-27-16-14-12-10-8-6-4-2)42-61-49(56)50(57)43(41-52)47(55)48(50)62-63(58,59)60/h37,39,43-45,47-49,52-53,55-57H,3-36,38,40-42H2,1-2H3,(H,51,54)(H,58,59,60)/b39-37+/t43?,44-,45+,47?,48?,49?,50?/m0/s1. The lowest BCUT2D eigenvalue weighted by atomic mass is 9.64. The van der Waals surface area contributed by atoms with E-state index < -0.39 is 65.8 Å². The Bertz CT molecular complexity index is 1210. The Hall–Kier alpha value is -1.16. The van der Waals surface area contributed by atoms with E-state index in [1.807, 2.05) is 6.08 Å². The first-order chi connectivity index (χ1) is 30.4. The van der Waals surface area contributed by atoms with Gasteiger partial charge in [-0.05, 0) is 19.3 Å². The average molecular weight is 920 g/mol. The van der Waals surface area contributed by atoms with Crippen molar-refractivity contribution in [2.24, 2.45) is 5.92 Å². The molecule has 1 aliphatic rings. The third kappa shape index (κ3) is 29.3. The van der Waals surface area contributed by atoms with Crippen molar-refractivity contribution >= 4 is 16.3 Å². The number of hydrogen-bond acceptors (Lipinski definition) is 10. The fourth-order valence-electron chi connectivity index (χ4n) is 8.89. The number of unbranched alkanes of at least 4 members (excludes halogenated alkanes) is 33. The first-order valence-electron chi connectivity index (χ1n) is 26.0. The van der Waals surface area contributed by atoms with Crippen molar-refractivity contribution in [3.63, 3.8) is 0 Å². The maximum absolute atomic E-state index is 13.0. The van der Waals surface area contributed by atoms with Gasteiger partial charge in [0.25, 0.3) is 0 Å². The molecule has 0 aromatic carbocycles. The van der Waals surface area contributed by atoms with E-state index in [2.05, 4.69) is 23.3 Å². The minimum absolute atomic E-state index is 0.237. The van der Waals surface area contributed by atoms with Crippen LogP contribution in [0.2, 0.25) is 0 Å². The van der Waals surface area contributed by atoms with Gasteiger partial charge >= 0.3 is 10.4 Å². The van der Waals surface area contributed by atoms with Gasteiger partial charge in [-0.1, -0.05) is 231 Å². The molecule has 0 spiro atoms. The summed E-state index contributed by atoms with van der Waals surface area (Å²) in [6.07, 6.45) is 40.3. The molecule has 0 radical (unpaired) electrons. The Labute approximate surface area is 385 Å². The molecule has 7 N–H and O–H groups in total. The summed E-state index contributed by atoms with van der Waals surface area (Å²) in [5.41, 5.74) is -2.61. The van der Waals surface area contributed by atoms with Crippen molar-refractivity contribution in [2.75, 3.05) is 13.2 Å². The topological polar surface area (TPSA) is 203 Å². The molecule has 13 heteroatoms. The summed E-state index contributed by atoms with van der Waals surface area (Å²) in [5, 5.41) is 55.7. The Morgan fingerprint density at radius 2 is 1.00 bits per heavy atom. The van der Waals surface area contributed by atoms with Crippen molar-refractivity contribution in [2.45, 2.75) is 281 Å². The van der Waals surface area contributed by atoms with Gasteiger partial charge in [0, 0.05) is 12.3 Å². The van der Waals surface area contributed by atoms with Gasteiger partial charge in [0.15, 0.2) is 11.9 Å². The highest BCUT2D eigenvalue weighted by atomic mass is 32.3. The normalized spacial score (nSPS) is 20.5. The van der Waals surface area contributed by atoms with Crippen LogP contribution in [0, 0.1) is 5.92 Å². The molecule has 0 aliphatic heterocycles. The number of hydrogen-bond donors (Lipinski definition) is 7. The van der Waals surface area contributed by atoms with Crippen LogP contribution in [0.3, 0.4) is 0 Å². The highest BCUT2D eigenvalue weighted by molar-refractivity contribution is 7.80. The second-order valence-corrected chi connectivity index (χ2v) is 19.8. The molecule has 1 amide bonds. The quantitative estimate of drug-likeness (QED) is 0.0132. The molecule has 7 atom stereocenters. The second-order valence-electron chi connectivity index (χ2n) is 18.7. The molecule has 0 aromatic heterocycles. The SMILES string of the molecule is CCCCCCCCCCCCC/C=C/[C@@H](O)[C@H](COC(O)C1(O)C(CO)C(O)C1OS(=O)(=O)O)NC(=O)CCCCCCCCCCCCCCCCCCCCCCCCC. The van der Waals surface area contributed by atoms with E-state index in [9.17, 15) is 38.7 Å². The Balaban J connectivity index is 2.38. The van der Waals surface area contributed by atoms with Crippen molar-refractivity contribution < 1.29 is 52.2 Å². The fourth-order valence-corrected chi connectivity index (χ4v) is 9.42. The predicted octanol–water partition coefficient (Wildman–Crippen LogP) is 10.7. The van der Waals surface area contributed by atoms with Crippen LogP contribution in [0.5, 0.6) is 0 Å². The Morgan fingerprint density at radius 3 is 1.37 bits per heavy atom. The number of allylic oxidation sites excluding steroid dienone is 1. The van der Waals surface area contributed by atoms with Gasteiger partial charge in [-0.25, -0.2) is 4.18 Å². The highest BCUT2D eigenvalue weighted by Crippen LogP contribution is 2.44. The summed E-state index contributed by atoms with van der Waals surface area (Å²) >= 11 is 0. The minimum atomic E-state index is -5.15. The molecular formula is C50H97NO11S. The van der Waals surface area contributed by atoms with E-state index in [-0.39, 0.29) is 12.3 Å². The molecule has 0 bridgehead atoms. The Morgan fingerprint density at radius 1 is 0.635 bits per heavy atom. The van der Waals surface area contributed by atoms with Crippen LogP contribution in [0.25, 0.3) is 0 Å². The zero-order chi connectivity index (χ0) is 46.4. The van der Waals surface area contributed by atoms with Crippen LogP contribution in [-0.2, 0) is 24.1 Å². The van der Waals surface area contributed by atoms with E-state index in [4.69, 9.17) is 9.29 Å². The zero-order valence-corrected chi connectivity index (χ0v) is 40.9. The molecule has 12 nitrogen and oxygen atoms in total. The largest absolute Gasteiger partial charge is 0.397 e. The van der Waals surface area contributed by atoms with Gasteiger partial charge < -0.3 is 35.6 Å². The number of nitrogens with one attached hydrogen (secondary N) is 1. The highest BCUT2D eigenvalue weighted by Gasteiger charge is 2.67. The number of ether oxygens (including phenoxy) is 1. The third-order valence-corrected chi connectivity index (χ3v) is 13.5. The third-order valence-electron chi connectivity index (χ3n) is 13.1. The molecule has 0 aromatic rings. The molecule has 374 valence electrons. The van der Waals surface area contributed by atoms with Crippen molar-refractivity contribution in [1.29, 1.82) is 0 Å². The van der Waals surface area contributed by atoms with Crippen molar-refractivity contribution in [3.8, 4) is 0 Å². The predicted molar refractivity (Wildman–Crippen MR) is 255 cm³/mol. The van der Waals surface area contributed by atoms with Crippen LogP contribution in [0.15, 0.2) is 12.2 Å². The van der Waals surface area contributed by atoms with Crippen molar-refractivity contribution in [1.82, 2.24) is 5.32 Å². The van der Waals surface area contributed by atoms with Crippen LogP contribution < -0.4 is 5.32 Å². The molecule has 0 saturated heterocycles. The number of aliphatic hydroxyl groups is 5. The minimum Gasteiger partial charge on any atom is -0.396 e. The van der Waals surface area contributed by atoms with Gasteiger partial charge in [0.1, 0.15) is 6.10 Å². The molecule has 1 rings (SSSR count). The summed E-state index contributed by atoms with van der Waals surface area (Å²) < 4.78 is 41.7. The van der Waals surface area contributed by atoms with Gasteiger partial charge in [0.05, 0.1) is 31.5 Å². The first-order valence-corrected chi connectivity index (χ1v) is 27.4. The monoisotopic (exact) mass is 920 g/mol. The van der Waals surface area contributed by atoms with Crippen molar-refractivity contribution in [3.05, 3.63) is 12.2 Å². The van der Waals surface area contributed by atoms with Gasteiger partial charge in [-0.3, -0.25) is 9.35 Å². The molecule has 1 aliphatic carbocycles. The molecule has 0 heterocycles. The number of aliphatic hydroxyl groups excluding tert-OH is 4. The van der Waals surface area contributed by atoms with E-state index >= 15 is 0 Å². The van der Waals surface area contributed by atoms with Gasteiger partial charge in [0.2, 0.25) is 5.91 Å². The lowest BCUT2D eigenvalue weighted by Gasteiger charge is -2.55. The summed E-state index contributed by atoms with van der Waals surface area (Å²) in [4.78, 5) is 13.0. The van der Waals surface area contributed by atoms with Crippen LogP contribution >= 0.6 is 0 Å². The summed E-state index contributed by atoms with van der Waals surface area (Å²) in [5.74, 6) is -1.76. The maximum atomic E-state index is 13.0. The summed E-state index contributed by atoms with van der Waals surface area (Å²) in [6, 6.07) is -1.03. The molecular weight excluding hydrogens is 823 g/mol. The lowest BCUT2D eigenvalue weighted by Crippen LogP contribution is -2.77. The molecule has 63 heavy (non-hydrogen) atoms. The fraction of sp³-hybridized carbons (Fsp3) is 0.940. The Kier molecular flexibility index (Phi) is 37.0. The lowest BCUT2D eigenvalue weighted by molar-refractivity contribution is -0.342. The summed E-state index contributed by atoms with van der Waals surface area (Å²) in [7, 11) is -5.15. The van der Waals surface area contributed by atoms with E-state index in [1.165, 1.54) is 173 Å². The zero-order valence-electron chi connectivity index (χ0n) is 40.1. The van der Waals surface area contributed by atoms with Crippen LogP contribution in [0.1, 0.15) is 245 Å². The molecule has 1 saturated carbocycles. The first kappa shape index (κ1) is 59.9. The average Bonchev–Trinajstić information content (AvgIpc) is 3.25. The van der Waals surface area contributed by atoms with E-state index in [0.29, 0.717) is 6.42 Å². The number of amides is 1. The number of carbonyl (C=O) groups excluding carboxylic acids is 1. The van der Waals surface area contributed by atoms with E-state index in [1.54, 1.807) is 6.08 Å². The van der Waals surface area contributed by atoms with Gasteiger partial charge in [-0.15, -0.1) is 0 Å². The van der Waals surface area contributed by atoms with Crippen LogP contribution in [-0.4, -0.2) is 93.9 Å². The summed E-state index contributed by atoms with van der Waals surface area (Å²) in [6.45, 7) is 3.16. The van der Waals surface area contributed by atoms with Gasteiger partial charge in [-0.2, -0.15) is 8.42 Å². The maximum Gasteiger partial charge on any atom is 0.397 e. The molecule has 1 fully saturated rings. The number of rotatable bonds is 46. The second kappa shape index (κ2) is 38.9. The van der Waals surface area contributed by atoms with Crippen LogP contribution in [0.4, 0.5) is 0 Å². The molecule has 5 unspecified atom stereocenters.